The van der Waals surface area contributed by atoms with Crippen molar-refractivity contribution in [3.63, 3.8) is 0 Å². The van der Waals surface area contributed by atoms with Crippen molar-refractivity contribution >= 4 is 5.91 Å². The summed E-state index contributed by atoms with van der Waals surface area (Å²) in [6, 6.07) is 7.93. The van der Waals surface area contributed by atoms with Gasteiger partial charge in [-0.05, 0) is 36.0 Å². The Hall–Kier alpha value is -1.79. The Morgan fingerprint density at radius 2 is 2.10 bits per heavy atom. The molecule has 1 aliphatic carbocycles. The molecule has 3 N–H and O–H groups in total. The topological polar surface area (TPSA) is 55.1 Å². The maximum Gasteiger partial charge on any atom is 0.223 e. The van der Waals surface area contributed by atoms with Gasteiger partial charge >= 0.3 is 0 Å². The SMILES string of the molecule is CC1(C)CCCC1C(=O)NCc1ccc(C#CCN)cc1. The standard InChI is InChI=1S/C18H24N2O/c1-18(2)11-3-6-16(18)17(21)20-13-15-9-7-14(8-10-15)5-4-12-19/h7-10,16H,3,6,11-13,19H2,1-2H3,(H,20,21). The Morgan fingerprint density at radius 3 is 2.67 bits per heavy atom. The lowest BCUT2D eigenvalue weighted by Gasteiger charge is -2.25. The highest BCUT2D eigenvalue weighted by molar-refractivity contribution is 5.79. The summed E-state index contributed by atoms with van der Waals surface area (Å²) in [5.41, 5.74) is 7.52. The Morgan fingerprint density at radius 1 is 1.38 bits per heavy atom. The fourth-order valence-corrected chi connectivity index (χ4v) is 2.98. The van der Waals surface area contributed by atoms with Crippen LogP contribution >= 0.6 is 0 Å². The van der Waals surface area contributed by atoms with E-state index in [4.69, 9.17) is 5.73 Å². The molecule has 1 amide bonds. The van der Waals surface area contributed by atoms with Crippen LogP contribution in [0.25, 0.3) is 0 Å². The van der Waals surface area contributed by atoms with Gasteiger partial charge in [0.2, 0.25) is 5.91 Å². The van der Waals surface area contributed by atoms with Crippen molar-refractivity contribution in [1.82, 2.24) is 5.32 Å². The van der Waals surface area contributed by atoms with E-state index in [9.17, 15) is 4.79 Å². The molecule has 21 heavy (non-hydrogen) atoms. The molecule has 2 rings (SSSR count). The van der Waals surface area contributed by atoms with Gasteiger partial charge in [0.05, 0.1) is 6.54 Å². The van der Waals surface area contributed by atoms with Gasteiger partial charge in [-0.15, -0.1) is 0 Å². The van der Waals surface area contributed by atoms with Gasteiger partial charge in [-0.2, -0.15) is 0 Å². The van der Waals surface area contributed by atoms with Gasteiger partial charge in [0, 0.05) is 18.0 Å². The van der Waals surface area contributed by atoms with Crippen LogP contribution < -0.4 is 11.1 Å². The molecule has 0 saturated heterocycles. The lowest BCUT2D eigenvalue weighted by Crippen LogP contribution is -2.35. The van der Waals surface area contributed by atoms with Crippen LogP contribution in [0.4, 0.5) is 0 Å². The number of carbonyl (C=O) groups is 1. The van der Waals surface area contributed by atoms with Gasteiger partial charge in [-0.1, -0.05) is 44.2 Å². The average molecular weight is 284 g/mol. The molecule has 0 heterocycles. The zero-order valence-electron chi connectivity index (χ0n) is 12.9. The van der Waals surface area contributed by atoms with Gasteiger partial charge < -0.3 is 11.1 Å². The molecule has 1 aromatic carbocycles. The van der Waals surface area contributed by atoms with Gasteiger partial charge in [0.1, 0.15) is 0 Å². The van der Waals surface area contributed by atoms with Gasteiger partial charge in [0.15, 0.2) is 0 Å². The van der Waals surface area contributed by atoms with E-state index in [1.54, 1.807) is 0 Å². The number of rotatable bonds is 3. The number of nitrogens with two attached hydrogens (primary N) is 1. The van der Waals surface area contributed by atoms with E-state index in [1.807, 2.05) is 24.3 Å². The highest BCUT2D eigenvalue weighted by atomic mass is 16.1. The number of amides is 1. The van der Waals surface area contributed by atoms with E-state index in [0.717, 1.165) is 30.4 Å². The van der Waals surface area contributed by atoms with Gasteiger partial charge in [-0.25, -0.2) is 0 Å². The Bertz CT molecular complexity index is 549. The predicted molar refractivity (Wildman–Crippen MR) is 85.3 cm³/mol. The molecule has 0 spiro atoms. The fourth-order valence-electron chi connectivity index (χ4n) is 2.98. The van der Waals surface area contributed by atoms with Crippen LogP contribution in [0.5, 0.6) is 0 Å². The van der Waals surface area contributed by atoms with Crippen molar-refractivity contribution in [3.8, 4) is 11.8 Å². The van der Waals surface area contributed by atoms with Crippen molar-refractivity contribution in [1.29, 1.82) is 0 Å². The predicted octanol–water partition coefficient (Wildman–Crippen LogP) is 2.44. The molecule has 0 aliphatic heterocycles. The van der Waals surface area contributed by atoms with Crippen molar-refractivity contribution < 1.29 is 4.79 Å². The van der Waals surface area contributed by atoms with Crippen molar-refractivity contribution in [2.45, 2.75) is 39.7 Å². The van der Waals surface area contributed by atoms with Crippen molar-refractivity contribution in [2.75, 3.05) is 6.54 Å². The smallest absolute Gasteiger partial charge is 0.223 e. The maximum atomic E-state index is 12.3. The molecule has 0 bridgehead atoms. The maximum absolute atomic E-state index is 12.3. The third-order valence-electron chi connectivity index (χ3n) is 4.33. The molecular weight excluding hydrogens is 260 g/mol. The van der Waals surface area contributed by atoms with Crippen LogP contribution in [-0.2, 0) is 11.3 Å². The number of hydrogen-bond acceptors (Lipinski definition) is 2. The number of benzene rings is 1. The lowest BCUT2D eigenvalue weighted by molar-refractivity contribution is -0.127. The highest BCUT2D eigenvalue weighted by Gasteiger charge is 2.38. The second-order valence-electron chi connectivity index (χ2n) is 6.35. The number of nitrogens with one attached hydrogen (secondary N) is 1. The molecule has 0 aromatic heterocycles. The Balaban J connectivity index is 1.89. The summed E-state index contributed by atoms with van der Waals surface area (Å²) in [5, 5.41) is 3.06. The third-order valence-corrected chi connectivity index (χ3v) is 4.33. The minimum absolute atomic E-state index is 0.131. The van der Waals surface area contributed by atoms with Crippen LogP contribution in [0.15, 0.2) is 24.3 Å². The van der Waals surface area contributed by atoms with Crippen LogP contribution in [0.3, 0.4) is 0 Å². The van der Waals surface area contributed by atoms with Crippen molar-refractivity contribution in [2.24, 2.45) is 17.1 Å². The normalized spacial score (nSPS) is 19.7. The average Bonchev–Trinajstić information content (AvgIpc) is 2.83. The second-order valence-corrected chi connectivity index (χ2v) is 6.35. The van der Waals surface area contributed by atoms with E-state index >= 15 is 0 Å². The summed E-state index contributed by atoms with van der Waals surface area (Å²) < 4.78 is 0. The molecule has 3 heteroatoms. The minimum Gasteiger partial charge on any atom is -0.352 e. The van der Waals surface area contributed by atoms with Crippen LogP contribution in [-0.4, -0.2) is 12.5 Å². The largest absolute Gasteiger partial charge is 0.352 e. The first kappa shape index (κ1) is 15.6. The Labute approximate surface area is 127 Å². The van der Waals surface area contributed by atoms with Crippen LogP contribution in [0.2, 0.25) is 0 Å². The van der Waals surface area contributed by atoms with Gasteiger partial charge in [0.25, 0.3) is 0 Å². The summed E-state index contributed by atoms with van der Waals surface area (Å²) >= 11 is 0. The van der Waals surface area contributed by atoms with Crippen molar-refractivity contribution in [3.05, 3.63) is 35.4 Å². The first-order chi connectivity index (χ1) is 10.0. The molecule has 1 fully saturated rings. The number of hydrogen-bond donors (Lipinski definition) is 2. The van der Waals surface area contributed by atoms with E-state index in [1.165, 1.54) is 0 Å². The zero-order chi connectivity index (χ0) is 15.3. The first-order valence-corrected chi connectivity index (χ1v) is 7.58. The summed E-state index contributed by atoms with van der Waals surface area (Å²) in [4.78, 5) is 12.3. The highest BCUT2D eigenvalue weighted by Crippen LogP contribution is 2.42. The summed E-state index contributed by atoms with van der Waals surface area (Å²) in [6.45, 7) is 5.33. The van der Waals surface area contributed by atoms with E-state index in [2.05, 4.69) is 31.0 Å². The fraction of sp³-hybridized carbons (Fsp3) is 0.500. The molecule has 1 atom stereocenters. The molecule has 0 radical (unpaired) electrons. The van der Waals surface area contributed by atoms with Crippen LogP contribution in [0, 0.1) is 23.2 Å². The molecule has 1 saturated carbocycles. The first-order valence-electron chi connectivity index (χ1n) is 7.58. The molecule has 112 valence electrons. The molecule has 1 unspecified atom stereocenters. The molecule has 1 aliphatic rings. The number of carbonyl (C=O) groups excluding carboxylic acids is 1. The van der Waals surface area contributed by atoms with E-state index < -0.39 is 0 Å². The quantitative estimate of drug-likeness (QED) is 0.838. The zero-order valence-corrected chi connectivity index (χ0v) is 12.9. The van der Waals surface area contributed by atoms with Gasteiger partial charge in [-0.3, -0.25) is 4.79 Å². The lowest BCUT2D eigenvalue weighted by atomic mass is 9.81. The molecule has 3 nitrogen and oxygen atoms in total. The third kappa shape index (κ3) is 4.09. The monoisotopic (exact) mass is 284 g/mol. The summed E-state index contributed by atoms with van der Waals surface area (Å²) in [7, 11) is 0. The van der Waals surface area contributed by atoms with Crippen LogP contribution in [0.1, 0.15) is 44.2 Å². The Kier molecular flexibility index (Phi) is 5.03. The minimum atomic E-state index is 0.131. The van der Waals surface area contributed by atoms with E-state index in [0.29, 0.717) is 13.1 Å². The van der Waals surface area contributed by atoms with E-state index in [-0.39, 0.29) is 17.2 Å². The molecular formula is C18H24N2O. The summed E-state index contributed by atoms with van der Waals surface area (Å²) in [5.74, 6) is 6.15. The molecule has 1 aromatic rings. The second kappa shape index (κ2) is 6.78. The summed E-state index contributed by atoms with van der Waals surface area (Å²) in [6.07, 6.45) is 3.30.